The second kappa shape index (κ2) is 7.66. The molecule has 0 spiro atoms. The molecule has 0 unspecified atom stereocenters. The van der Waals surface area contributed by atoms with E-state index in [1.54, 1.807) is 18.2 Å². The van der Waals surface area contributed by atoms with Crippen molar-refractivity contribution in [2.45, 2.75) is 31.2 Å². The number of carboxylic acid groups (broad SMARTS) is 1. The van der Waals surface area contributed by atoms with Crippen molar-refractivity contribution in [3.05, 3.63) is 28.8 Å². The number of hydrogen-bond acceptors (Lipinski definition) is 4. The third-order valence-electron chi connectivity index (χ3n) is 3.98. The molecular weight excluding hydrogens is 322 g/mol. The monoisotopic (exact) mass is 341 g/mol. The number of halogens is 1. The number of benzene rings is 1. The minimum absolute atomic E-state index is 0.0328. The largest absolute Gasteiger partial charge is 0.496 e. The van der Waals surface area contributed by atoms with E-state index in [1.165, 1.54) is 7.11 Å². The maximum atomic E-state index is 12.4. The van der Waals surface area contributed by atoms with E-state index in [-0.39, 0.29) is 18.7 Å². The van der Waals surface area contributed by atoms with Gasteiger partial charge in [-0.25, -0.2) is 0 Å². The number of methoxy groups -OCH3 is 1. The minimum atomic E-state index is -0.942. The van der Waals surface area contributed by atoms with Crippen molar-refractivity contribution in [2.24, 2.45) is 0 Å². The van der Waals surface area contributed by atoms with Gasteiger partial charge in [0.2, 0.25) is 5.91 Å². The summed E-state index contributed by atoms with van der Waals surface area (Å²) in [5.41, 5.74) is -0.179. The first-order valence-corrected chi connectivity index (χ1v) is 7.75. The first kappa shape index (κ1) is 17.6. The predicted molar refractivity (Wildman–Crippen MR) is 84.9 cm³/mol. The van der Waals surface area contributed by atoms with Gasteiger partial charge in [-0.1, -0.05) is 17.7 Å². The highest BCUT2D eigenvalue weighted by molar-refractivity contribution is 6.31. The molecule has 23 heavy (non-hydrogen) atoms. The third-order valence-corrected chi connectivity index (χ3v) is 4.33. The summed E-state index contributed by atoms with van der Waals surface area (Å²) in [6.07, 6.45) is 0.863. The van der Waals surface area contributed by atoms with Crippen molar-refractivity contribution in [1.29, 1.82) is 0 Å². The number of carboxylic acids is 1. The standard InChI is InChI=1S/C16H20ClNO5/c1-22-13-4-2-3-12(17)11(13)9-14(19)18-16(10-15(20)21)5-7-23-8-6-16/h2-4H,5-10H2,1H3,(H,18,19)(H,20,21). The van der Waals surface area contributed by atoms with Gasteiger partial charge in [-0.2, -0.15) is 0 Å². The van der Waals surface area contributed by atoms with Crippen LogP contribution in [0, 0.1) is 0 Å². The minimum Gasteiger partial charge on any atom is -0.496 e. The Balaban J connectivity index is 2.12. The molecule has 1 saturated heterocycles. The van der Waals surface area contributed by atoms with E-state index in [4.69, 9.17) is 26.2 Å². The van der Waals surface area contributed by atoms with E-state index in [9.17, 15) is 9.59 Å². The molecular formula is C16H20ClNO5. The molecule has 0 radical (unpaired) electrons. The first-order valence-electron chi connectivity index (χ1n) is 7.38. The van der Waals surface area contributed by atoms with Crippen LogP contribution in [0.15, 0.2) is 18.2 Å². The summed E-state index contributed by atoms with van der Waals surface area (Å²) in [4.78, 5) is 23.6. The highest BCUT2D eigenvalue weighted by Gasteiger charge is 2.36. The average molecular weight is 342 g/mol. The number of nitrogens with one attached hydrogen (secondary N) is 1. The number of aliphatic carboxylic acids is 1. The third kappa shape index (κ3) is 4.59. The van der Waals surface area contributed by atoms with Crippen molar-refractivity contribution in [2.75, 3.05) is 20.3 Å². The first-order chi connectivity index (χ1) is 11.0. The number of amides is 1. The Hall–Kier alpha value is -1.79. The van der Waals surface area contributed by atoms with E-state index >= 15 is 0 Å². The number of ether oxygens (including phenoxy) is 2. The van der Waals surface area contributed by atoms with Crippen LogP contribution >= 0.6 is 11.6 Å². The molecule has 1 aromatic carbocycles. The van der Waals surface area contributed by atoms with Gasteiger partial charge in [-0.05, 0) is 25.0 Å². The summed E-state index contributed by atoms with van der Waals surface area (Å²) < 4.78 is 10.5. The van der Waals surface area contributed by atoms with E-state index in [0.717, 1.165) is 0 Å². The zero-order valence-corrected chi connectivity index (χ0v) is 13.7. The van der Waals surface area contributed by atoms with Gasteiger partial charge in [-0.3, -0.25) is 9.59 Å². The van der Waals surface area contributed by atoms with E-state index < -0.39 is 11.5 Å². The average Bonchev–Trinajstić information content (AvgIpc) is 2.49. The topological polar surface area (TPSA) is 84.9 Å². The molecule has 2 N–H and O–H groups in total. The smallest absolute Gasteiger partial charge is 0.305 e. The van der Waals surface area contributed by atoms with Crippen LogP contribution in [0.4, 0.5) is 0 Å². The molecule has 1 fully saturated rings. The quantitative estimate of drug-likeness (QED) is 0.827. The van der Waals surface area contributed by atoms with E-state index in [0.29, 0.717) is 42.4 Å². The summed E-state index contributed by atoms with van der Waals surface area (Å²) in [7, 11) is 1.51. The highest BCUT2D eigenvalue weighted by atomic mass is 35.5. The SMILES string of the molecule is COc1cccc(Cl)c1CC(=O)NC1(CC(=O)O)CCOCC1. The molecule has 2 rings (SSSR count). The fraction of sp³-hybridized carbons (Fsp3) is 0.500. The normalized spacial score (nSPS) is 16.6. The highest BCUT2D eigenvalue weighted by Crippen LogP contribution is 2.28. The lowest BCUT2D eigenvalue weighted by Gasteiger charge is -2.37. The molecule has 1 aromatic rings. The second-order valence-electron chi connectivity index (χ2n) is 5.61. The molecule has 1 aliphatic rings. The molecule has 0 atom stereocenters. The van der Waals surface area contributed by atoms with E-state index in [1.807, 2.05) is 0 Å². The Morgan fingerprint density at radius 1 is 1.39 bits per heavy atom. The fourth-order valence-corrected chi connectivity index (χ4v) is 3.03. The Morgan fingerprint density at radius 3 is 2.70 bits per heavy atom. The number of hydrogen-bond donors (Lipinski definition) is 2. The van der Waals surface area contributed by atoms with Crippen molar-refractivity contribution < 1.29 is 24.2 Å². The molecule has 126 valence electrons. The van der Waals surface area contributed by atoms with Crippen LogP contribution in [0.5, 0.6) is 5.75 Å². The van der Waals surface area contributed by atoms with Crippen molar-refractivity contribution >= 4 is 23.5 Å². The lowest BCUT2D eigenvalue weighted by atomic mass is 9.86. The number of carbonyl (C=O) groups excluding carboxylic acids is 1. The van der Waals surface area contributed by atoms with Gasteiger partial charge in [0.25, 0.3) is 0 Å². The van der Waals surface area contributed by atoms with Crippen LogP contribution in [0.2, 0.25) is 5.02 Å². The van der Waals surface area contributed by atoms with Crippen molar-refractivity contribution in [3.63, 3.8) is 0 Å². The Bertz CT molecular complexity index is 584. The maximum Gasteiger partial charge on any atom is 0.305 e. The molecule has 0 aromatic heterocycles. The van der Waals surface area contributed by atoms with Gasteiger partial charge < -0.3 is 19.9 Å². The summed E-state index contributed by atoms with van der Waals surface area (Å²) in [5, 5.41) is 12.4. The lowest BCUT2D eigenvalue weighted by molar-refractivity contribution is -0.140. The van der Waals surface area contributed by atoms with Crippen LogP contribution in [-0.4, -0.2) is 42.8 Å². The Morgan fingerprint density at radius 2 is 2.09 bits per heavy atom. The Kier molecular flexibility index (Phi) is 5.85. The van der Waals surface area contributed by atoms with Gasteiger partial charge in [0.1, 0.15) is 5.75 Å². The maximum absolute atomic E-state index is 12.4. The van der Waals surface area contributed by atoms with Gasteiger partial charge >= 0.3 is 5.97 Å². The molecule has 0 bridgehead atoms. The number of carbonyl (C=O) groups is 2. The molecule has 6 nitrogen and oxygen atoms in total. The molecule has 0 saturated carbocycles. The van der Waals surface area contributed by atoms with Crippen LogP contribution in [0.1, 0.15) is 24.8 Å². The summed E-state index contributed by atoms with van der Waals surface area (Å²) in [6.45, 7) is 0.867. The van der Waals surface area contributed by atoms with Crippen LogP contribution < -0.4 is 10.1 Å². The zero-order chi connectivity index (χ0) is 16.9. The van der Waals surface area contributed by atoms with Crippen LogP contribution in [0.25, 0.3) is 0 Å². The van der Waals surface area contributed by atoms with Gasteiger partial charge in [0, 0.05) is 23.8 Å². The number of rotatable bonds is 6. The van der Waals surface area contributed by atoms with Crippen LogP contribution in [0.3, 0.4) is 0 Å². The van der Waals surface area contributed by atoms with Crippen molar-refractivity contribution in [1.82, 2.24) is 5.32 Å². The van der Waals surface area contributed by atoms with Gasteiger partial charge in [0.15, 0.2) is 0 Å². The molecule has 0 aliphatic carbocycles. The summed E-state index contributed by atoms with van der Waals surface area (Å²) >= 11 is 6.14. The summed E-state index contributed by atoms with van der Waals surface area (Å²) in [5.74, 6) is -0.686. The molecule has 1 heterocycles. The fourth-order valence-electron chi connectivity index (χ4n) is 2.80. The lowest BCUT2D eigenvalue weighted by Crippen LogP contribution is -2.53. The molecule has 7 heteroatoms. The van der Waals surface area contributed by atoms with E-state index in [2.05, 4.69) is 5.32 Å². The zero-order valence-electron chi connectivity index (χ0n) is 12.9. The summed E-state index contributed by atoms with van der Waals surface area (Å²) in [6, 6.07) is 5.16. The molecule has 1 amide bonds. The Labute approximate surface area is 139 Å². The van der Waals surface area contributed by atoms with Crippen molar-refractivity contribution in [3.8, 4) is 5.75 Å². The van der Waals surface area contributed by atoms with Crippen LogP contribution in [-0.2, 0) is 20.7 Å². The molecule has 1 aliphatic heterocycles. The van der Waals surface area contributed by atoms with Gasteiger partial charge in [-0.15, -0.1) is 0 Å². The van der Waals surface area contributed by atoms with Gasteiger partial charge in [0.05, 0.1) is 25.5 Å². The predicted octanol–water partition coefficient (Wildman–Crippen LogP) is 2.03. The second-order valence-corrected chi connectivity index (χ2v) is 6.02.